The minimum absolute atomic E-state index is 0.169. The van der Waals surface area contributed by atoms with Crippen LogP contribution in [0.1, 0.15) is 22.3 Å². The fourth-order valence-corrected chi connectivity index (χ4v) is 4.03. The molecule has 1 aliphatic rings. The first-order valence-corrected chi connectivity index (χ1v) is 9.75. The Hall–Kier alpha value is -3.08. The fourth-order valence-electron chi connectivity index (χ4n) is 4.03. The van der Waals surface area contributed by atoms with Crippen molar-refractivity contribution >= 4 is 22.5 Å². The average Bonchev–Trinajstić information content (AvgIpc) is 2.97. The molecule has 3 aromatic rings. The first kappa shape index (κ1) is 18.3. The number of aromatic nitrogens is 1. The van der Waals surface area contributed by atoms with Gasteiger partial charge in [0.25, 0.3) is 11.5 Å². The molecular weight excluding hydrogens is 350 g/mol. The van der Waals surface area contributed by atoms with Gasteiger partial charge < -0.3 is 14.4 Å². The minimum Gasteiger partial charge on any atom is -0.369 e. The van der Waals surface area contributed by atoms with Crippen molar-refractivity contribution in [2.45, 2.75) is 13.3 Å². The molecule has 0 N–H and O–H groups in total. The molecule has 0 aliphatic carbocycles. The Labute approximate surface area is 164 Å². The highest BCUT2D eigenvalue weighted by Gasteiger charge is 2.24. The predicted octanol–water partition coefficient (Wildman–Crippen LogP) is 3.20. The van der Waals surface area contributed by atoms with E-state index in [1.54, 1.807) is 17.7 Å². The normalized spacial score (nSPS) is 14.9. The van der Waals surface area contributed by atoms with Gasteiger partial charge in [-0.25, -0.2) is 0 Å². The number of carbonyl (C=O) groups excluding carboxylic acids is 1. The topological polar surface area (TPSA) is 45.5 Å². The third kappa shape index (κ3) is 3.28. The molecule has 1 amide bonds. The van der Waals surface area contributed by atoms with Crippen LogP contribution in [0.15, 0.2) is 59.4 Å². The van der Waals surface area contributed by atoms with Crippen LogP contribution in [0.2, 0.25) is 0 Å². The summed E-state index contributed by atoms with van der Waals surface area (Å²) in [5, 5.41) is 0.907. The second-order valence-corrected chi connectivity index (χ2v) is 7.40. The van der Waals surface area contributed by atoms with Gasteiger partial charge in [-0.1, -0.05) is 36.4 Å². The van der Waals surface area contributed by atoms with Crippen molar-refractivity contribution in [2.75, 3.05) is 31.1 Å². The Morgan fingerprint density at radius 1 is 0.929 bits per heavy atom. The third-order valence-electron chi connectivity index (χ3n) is 5.60. The van der Waals surface area contributed by atoms with Crippen LogP contribution in [-0.2, 0) is 7.05 Å². The van der Waals surface area contributed by atoms with E-state index < -0.39 is 0 Å². The standard InChI is InChI=1S/C23H25N3O2/c1-17-8-3-5-10-20(17)25-12-7-13-26(15-14-25)23(28)19-16-18-9-4-6-11-21(18)24(2)22(19)27/h3-6,8-11,16H,7,12-15H2,1-2H3. The second-order valence-electron chi connectivity index (χ2n) is 7.40. The van der Waals surface area contributed by atoms with Crippen molar-refractivity contribution in [2.24, 2.45) is 7.05 Å². The number of para-hydroxylation sites is 2. The van der Waals surface area contributed by atoms with E-state index in [0.29, 0.717) is 13.1 Å². The lowest BCUT2D eigenvalue weighted by Gasteiger charge is -2.25. The molecule has 5 heteroatoms. The maximum Gasteiger partial charge on any atom is 0.263 e. The average molecular weight is 375 g/mol. The molecule has 144 valence electrons. The number of hydrogen-bond donors (Lipinski definition) is 0. The summed E-state index contributed by atoms with van der Waals surface area (Å²) in [7, 11) is 1.73. The maximum absolute atomic E-state index is 13.2. The fraction of sp³-hybridized carbons (Fsp3) is 0.304. The summed E-state index contributed by atoms with van der Waals surface area (Å²) in [6.45, 7) is 5.07. The summed E-state index contributed by atoms with van der Waals surface area (Å²) >= 11 is 0. The third-order valence-corrected chi connectivity index (χ3v) is 5.60. The Kier molecular flexibility index (Phi) is 4.90. The Bertz CT molecular complexity index is 1090. The zero-order valence-corrected chi connectivity index (χ0v) is 16.4. The highest BCUT2D eigenvalue weighted by atomic mass is 16.2. The van der Waals surface area contributed by atoms with Gasteiger partial charge in [0.15, 0.2) is 0 Å². The van der Waals surface area contributed by atoms with E-state index in [4.69, 9.17) is 0 Å². The molecule has 0 bridgehead atoms. The highest BCUT2D eigenvalue weighted by molar-refractivity contribution is 5.97. The molecule has 0 radical (unpaired) electrons. The monoisotopic (exact) mass is 375 g/mol. The van der Waals surface area contributed by atoms with Gasteiger partial charge in [0.05, 0.1) is 5.52 Å². The van der Waals surface area contributed by atoms with Crippen LogP contribution in [-0.4, -0.2) is 41.6 Å². The number of pyridine rings is 1. The SMILES string of the molecule is Cc1ccccc1N1CCCN(C(=O)c2cc3ccccc3n(C)c2=O)CC1. The van der Waals surface area contributed by atoms with Crippen LogP contribution in [0.5, 0.6) is 0 Å². The number of fused-ring (bicyclic) bond motifs is 1. The molecule has 28 heavy (non-hydrogen) atoms. The molecule has 5 nitrogen and oxygen atoms in total. The van der Waals surface area contributed by atoms with E-state index in [9.17, 15) is 9.59 Å². The van der Waals surface area contributed by atoms with E-state index in [1.165, 1.54) is 11.3 Å². The van der Waals surface area contributed by atoms with Gasteiger partial charge in [0.1, 0.15) is 5.56 Å². The number of amides is 1. The van der Waals surface area contributed by atoms with Gasteiger partial charge in [0.2, 0.25) is 0 Å². The summed E-state index contributed by atoms with van der Waals surface area (Å²) < 4.78 is 1.57. The molecule has 0 saturated carbocycles. The predicted molar refractivity (Wildman–Crippen MR) is 113 cm³/mol. The van der Waals surface area contributed by atoms with Crippen LogP contribution < -0.4 is 10.5 Å². The molecule has 0 unspecified atom stereocenters. The van der Waals surface area contributed by atoms with Gasteiger partial charge in [-0.2, -0.15) is 0 Å². The lowest BCUT2D eigenvalue weighted by Crippen LogP contribution is -2.38. The molecule has 0 spiro atoms. The summed E-state index contributed by atoms with van der Waals surface area (Å²) in [4.78, 5) is 30.1. The zero-order valence-electron chi connectivity index (χ0n) is 16.4. The number of rotatable bonds is 2. The van der Waals surface area contributed by atoms with E-state index in [2.05, 4.69) is 30.0 Å². The zero-order chi connectivity index (χ0) is 19.7. The van der Waals surface area contributed by atoms with Gasteiger partial charge in [0, 0.05) is 38.9 Å². The number of hydrogen-bond acceptors (Lipinski definition) is 3. The second kappa shape index (κ2) is 7.50. The van der Waals surface area contributed by atoms with Crippen LogP contribution in [0.4, 0.5) is 5.69 Å². The van der Waals surface area contributed by atoms with Crippen molar-refractivity contribution in [1.29, 1.82) is 0 Å². The summed E-state index contributed by atoms with van der Waals surface area (Å²) in [5.74, 6) is -0.169. The smallest absolute Gasteiger partial charge is 0.263 e. The summed E-state index contributed by atoms with van der Waals surface area (Å²) in [5.41, 5.74) is 3.32. The van der Waals surface area contributed by atoms with E-state index in [-0.39, 0.29) is 17.0 Å². The lowest BCUT2D eigenvalue weighted by molar-refractivity contribution is 0.0765. The van der Waals surface area contributed by atoms with Crippen LogP contribution in [0, 0.1) is 6.92 Å². The summed E-state index contributed by atoms with van der Waals surface area (Å²) in [6.07, 6.45) is 0.883. The number of carbonyl (C=O) groups is 1. The van der Waals surface area contributed by atoms with Gasteiger partial charge in [-0.3, -0.25) is 9.59 Å². The molecule has 1 aliphatic heterocycles. The molecule has 4 rings (SSSR count). The Morgan fingerprint density at radius 3 is 2.50 bits per heavy atom. The van der Waals surface area contributed by atoms with Crippen LogP contribution >= 0.6 is 0 Å². The summed E-state index contributed by atoms with van der Waals surface area (Å²) in [6, 6.07) is 17.7. The van der Waals surface area contributed by atoms with Gasteiger partial charge in [-0.05, 0) is 42.5 Å². The molecule has 1 fully saturated rings. The number of benzene rings is 2. The van der Waals surface area contributed by atoms with Crippen molar-refractivity contribution in [1.82, 2.24) is 9.47 Å². The van der Waals surface area contributed by atoms with Crippen molar-refractivity contribution in [3.63, 3.8) is 0 Å². The first-order chi connectivity index (χ1) is 13.6. The molecule has 1 aromatic heterocycles. The lowest BCUT2D eigenvalue weighted by atomic mass is 10.1. The van der Waals surface area contributed by atoms with E-state index in [0.717, 1.165) is 30.4 Å². The van der Waals surface area contributed by atoms with Gasteiger partial charge in [-0.15, -0.1) is 0 Å². The van der Waals surface area contributed by atoms with Crippen LogP contribution in [0.3, 0.4) is 0 Å². The quantitative estimate of drug-likeness (QED) is 0.691. The Morgan fingerprint density at radius 2 is 1.68 bits per heavy atom. The van der Waals surface area contributed by atoms with Crippen molar-refractivity contribution in [3.05, 3.63) is 76.1 Å². The maximum atomic E-state index is 13.2. The Balaban J connectivity index is 1.59. The van der Waals surface area contributed by atoms with Crippen LogP contribution in [0.25, 0.3) is 10.9 Å². The molecule has 1 saturated heterocycles. The first-order valence-electron chi connectivity index (χ1n) is 9.75. The molecule has 2 aromatic carbocycles. The van der Waals surface area contributed by atoms with Crippen molar-refractivity contribution < 1.29 is 4.79 Å². The number of nitrogens with zero attached hydrogens (tertiary/aromatic N) is 3. The molecule has 0 atom stereocenters. The largest absolute Gasteiger partial charge is 0.369 e. The van der Waals surface area contributed by atoms with Gasteiger partial charge >= 0.3 is 0 Å². The minimum atomic E-state index is -0.233. The van der Waals surface area contributed by atoms with Crippen molar-refractivity contribution in [3.8, 4) is 0 Å². The number of anilines is 1. The molecule has 2 heterocycles. The number of aryl methyl sites for hydroxylation is 2. The van der Waals surface area contributed by atoms with E-state index in [1.807, 2.05) is 35.2 Å². The molecular formula is C23H25N3O2. The van der Waals surface area contributed by atoms with E-state index >= 15 is 0 Å². The highest BCUT2D eigenvalue weighted by Crippen LogP contribution is 2.21.